The highest BCUT2D eigenvalue weighted by Crippen LogP contribution is 2.14. The second kappa shape index (κ2) is 6.81. The number of carbonyl (C=O) groups excluding carboxylic acids is 2. The molecule has 0 aliphatic heterocycles. The number of hydrogen-bond acceptors (Lipinski definition) is 4. The molecule has 0 spiro atoms. The Labute approximate surface area is 116 Å². The highest BCUT2D eigenvalue weighted by Gasteiger charge is 2.23. The van der Waals surface area contributed by atoms with Gasteiger partial charge in [-0.25, -0.2) is 4.79 Å². The molecule has 1 rings (SSSR count). The van der Waals surface area contributed by atoms with Crippen LogP contribution in [0.3, 0.4) is 0 Å². The Balaban J connectivity index is 2.64. The SMILES string of the molecule is Cc1cccc(C)c1C(=O)OCC(=O)[C@@H]([NH3+])CC(=O)O. The Kier molecular flexibility index (Phi) is 5.40. The third-order valence-electron chi connectivity index (χ3n) is 2.91. The van der Waals surface area contributed by atoms with Crippen LogP contribution in [-0.4, -0.2) is 35.5 Å². The van der Waals surface area contributed by atoms with E-state index in [-0.39, 0.29) is 6.42 Å². The molecular weight excluding hydrogens is 262 g/mol. The maximum atomic E-state index is 11.9. The van der Waals surface area contributed by atoms with Crippen molar-refractivity contribution in [2.24, 2.45) is 0 Å². The molecule has 0 amide bonds. The molecule has 4 N–H and O–H groups in total. The first-order valence-corrected chi connectivity index (χ1v) is 6.14. The number of ether oxygens (including phenoxy) is 1. The van der Waals surface area contributed by atoms with Crippen LogP contribution in [0.25, 0.3) is 0 Å². The van der Waals surface area contributed by atoms with Crippen molar-refractivity contribution < 1.29 is 30.0 Å². The summed E-state index contributed by atoms with van der Waals surface area (Å²) in [5.41, 5.74) is 5.40. The Morgan fingerprint density at radius 1 is 1.25 bits per heavy atom. The summed E-state index contributed by atoms with van der Waals surface area (Å²) in [5, 5.41) is 8.56. The zero-order chi connectivity index (χ0) is 15.3. The molecule has 108 valence electrons. The van der Waals surface area contributed by atoms with Gasteiger partial charge in [-0.1, -0.05) is 18.2 Å². The van der Waals surface area contributed by atoms with Crippen molar-refractivity contribution in [3.05, 3.63) is 34.9 Å². The molecule has 1 atom stereocenters. The number of Topliss-reactive ketones (excluding diaryl/α,β-unsaturated/α-hetero) is 1. The van der Waals surface area contributed by atoms with Crippen LogP contribution in [-0.2, 0) is 14.3 Å². The lowest BCUT2D eigenvalue weighted by Gasteiger charge is -2.10. The van der Waals surface area contributed by atoms with Crippen LogP contribution >= 0.6 is 0 Å². The van der Waals surface area contributed by atoms with Gasteiger partial charge in [0.25, 0.3) is 0 Å². The Morgan fingerprint density at radius 2 is 1.80 bits per heavy atom. The summed E-state index contributed by atoms with van der Waals surface area (Å²) in [5.74, 6) is -2.21. The van der Waals surface area contributed by atoms with Crippen LogP contribution in [0.1, 0.15) is 27.9 Å². The van der Waals surface area contributed by atoms with Gasteiger partial charge in [0, 0.05) is 0 Å². The third kappa shape index (κ3) is 4.17. The summed E-state index contributed by atoms with van der Waals surface area (Å²) in [4.78, 5) is 34.0. The van der Waals surface area contributed by atoms with E-state index in [1.807, 2.05) is 6.07 Å². The lowest BCUT2D eigenvalue weighted by atomic mass is 10.0. The lowest BCUT2D eigenvalue weighted by molar-refractivity contribution is -0.402. The molecule has 0 aromatic heterocycles. The van der Waals surface area contributed by atoms with Gasteiger partial charge >= 0.3 is 11.9 Å². The normalized spacial score (nSPS) is 11.8. The van der Waals surface area contributed by atoms with E-state index in [9.17, 15) is 14.4 Å². The summed E-state index contributed by atoms with van der Waals surface area (Å²) < 4.78 is 4.93. The van der Waals surface area contributed by atoms with E-state index >= 15 is 0 Å². The molecule has 1 aromatic carbocycles. The fraction of sp³-hybridized carbons (Fsp3) is 0.357. The molecule has 0 heterocycles. The van der Waals surface area contributed by atoms with Crippen molar-refractivity contribution in [3.63, 3.8) is 0 Å². The van der Waals surface area contributed by atoms with Crippen molar-refractivity contribution in [3.8, 4) is 0 Å². The quantitative estimate of drug-likeness (QED) is 0.719. The maximum absolute atomic E-state index is 11.9. The molecule has 0 saturated heterocycles. The monoisotopic (exact) mass is 280 g/mol. The molecule has 0 aliphatic carbocycles. The Morgan fingerprint density at radius 3 is 2.30 bits per heavy atom. The maximum Gasteiger partial charge on any atom is 0.339 e. The van der Waals surface area contributed by atoms with Crippen molar-refractivity contribution >= 4 is 17.7 Å². The van der Waals surface area contributed by atoms with Crippen molar-refractivity contribution in [2.45, 2.75) is 26.3 Å². The number of esters is 1. The molecule has 0 bridgehead atoms. The highest BCUT2D eigenvalue weighted by molar-refractivity contribution is 5.95. The minimum absolute atomic E-state index is 0.375. The molecule has 6 heteroatoms. The zero-order valence-electron chi connectivity index (χ0n) is 11.5. The van der Waals surface area contributed by atoms with Crippen molar-refractivity contribution in [1.82, 2.24) is 0 Å². The topological polar surface area (TPSA) is 108 Å². The number of rotatable bonds is 6. The number of hydrogen-bond donors (Lipinski definition) is 2. The summed E-state index contributed by atoms with van der Waals surface area (Å²) in [6, 6.07) is 4.46. The average Bonchev–Trinajstić information content (AvgIpc) is 2.34. The van der Waals surface area contributed by atoms with Crippen LogP contribution in [0.2, 0.25) is 0 Å². The van der Waals surface area contributed by atoms with E-state index in [0.29, 0.717) is 5.56 Å². The van der Waals surface area contributed by atoms with Gasteiger partial charge in [0.1, 0.15) is 6.42 Å². The number of aryl methyl sites for hydroxylation is 2. The van der Waals surface area contributed by atoms with E-state index in [2.05, 4.69) is 5.73 Å². The fourth-order valence-electron chi connectivity index (χ4n) is 1.79. The van der Waals surface area contributed by atoms with E-state index < -0.39 is 30.4 Å². The van der Waals surface area contributed by atoms with Gasteiger partial charge in [0.15, 0.2) is 12.6 Å². The number of carboxylic acids is 1. The molecule has 0 aliphatic rings. The lowest BCUT2D eigenvalue weighted by Crippen LogP contribution is -2.66. The second-order valence-electron chi connectivity index (χ2n) is 4.60. The van der Waals surface area contributed by atoms with Crippen molar-refractivity contribution in [1.29, 1.82) is 0 Å². The Hall–Kier alpha value is -2.21. The first kappa shape index (κ1) is 15.8. The van der Waals surface area contributed by atoms with Crippen LogP contribution in [0, 0.1) is 13.8 Å². The summed E-state index contributed by atoms with van der Waals surface area (Å²) >= 11 is 0. The second-order valence-corrected chi connectivity index (χ2v) is 4.60. The molecule has 0 radical (unpaired) electrons. The molecule has 0 unspecified atom stereocenters. The first-order valence-electron chi connectivity index (χ1n) is 6.14. The summed E-state index contributed by atoms with van der Waals surface area (Å²) in [7, 11) is 0. The smallest absolute Gasteiger partial charge is 0.339 e. The first-order chi connectivity index (χ1) is 9.32. The summed E-state index contributed by atoms with van der Waals surface area (Å²) in [6.45, 7) is 3.09. The number of carboxylic acid groups (broad SMARTS) is 1. The van der Waals surface area contributed by atoms with E-state index in [1.54, 1.807) is 26.0 Å². The van der Waals surface area contributed by atoms with Crippen LogP contribution in [0.4, 0.5) is 0 Å². The minimum atomic E-state index is -1.11. The number of quaternary nitrogens is 1. The van der Waals surface area contributed by atoms with E-state index in [1.165, 1.54) is 0 Å². The molecule has 0 saturated carbocycles. The van der Waals surface area contributed by atoms with Gasteiger partial charge in [0.2, 0.25) is 5.78 Å². The van der Waals surface area contributed by atoms with Crippen molar-refractivity contribution in [2.75, 3.05) is 6.61 Å². The molecular formula is C14H18NO5+. The predicted octanol–water partition coefficient (Wildman–Crippen LogP) is 0.115. The van der Waals surface area contributed by atoms with E-state index in [0.717, 1.165) is 11.1 Å². The number of carbonyl (C=O) groups is 3. The zero-order valence-corrected chi connectivity index (χ0v) is 11.5. The summed E-state index contributed by atoms with van der Waals surface area (Å²) in [6.07, 6.45) is -0.375. The van der Waals surface area contributed by atoms with Gasteiger partial charge in [-0.3, -0.25) is 9.59 Å². The van der Waals surface area contributed by atoms with Gasteiger partial charge in [-0.15, -0.1) is 0 Å². The predicted molar refractivity (Wildman–Crippen MR) is 70.1 cm³/mol. The average molecular weight is 280 g/mol. The van der Waals surface area contributed by atoms with Gasteiger partial charge in [-0.05, 0) is 25.0 Å². The fourth-order valence-corrected chi connectivity index (χ4v) is 1.79. The molecule has 20 heavy (non-hydrogen) atoms. The van der Waals surface area contributed by atoms with Gasteiger partial charge < -0.3 is 15.6 Å². The minimum Gasteiger partial charge on any atom is -0.481 e. The van der Waals surface area contributed by atoms with Gasteiger partial charge in [0.05, 0.1) is 5.56 Å². The number of ketones is 1. The standard InChI is InChI=1S/C14H17NO5/c1-8-4-3-5-9(2)13(8)14(19)20-7-11(16)10(15)6-12(17)18/h3-5,10H,6-7,15H2,1-2H3,(H,17,18)/p+1/t10-/m0/s1. The van der Waals surface area contributed by atoms with Crippen LogP contribution in [0.5, 0.6) is 0 Å². The highest BCUT2D eigenvalue weighted by atomic mass is 16.5. The van der Waals surface area contributed by atoms with E-state index in [4.69, 9.17) is 9.84 Å². The van der Waals surface area contributed by atoms with Gasteiger partial charge in [-0.2, -0.15) is 0 Å². The Bertz CT molecular complexity index is 518. The van der Waals surface area contributed by atoms with Crippen LogP contribution in [0.15, 0.2) is 18.2 Å². The molecule has 1 aromatic rings. The largest absolute Gasteiger partial charge is 0.481 e. The molecule has 0 fully saturated rings. The van der Waals surface area contributed by atoms with Crippen LogP contribution < -0.4 is 5.73 Å². The molecule has 6 nitrogen and oxygen atoms in total. The number of aliphatic carboxylic acids is 1. The number of benzene rings is 1. The third-order valence-corrected chi connectivity index (χ3v) is 2.91.